The maximum absolute atomic E-state index is 2.42. The lowest BCUT2D eigenvalue weighted by Crippen LogP contribution is -1.97. The fourth-order valence-electron chi connectivity index (χ4n) is 8.94. The third kappa shape index (κ3) is 5.01. The van der Waals surface area contributed by atoms with E-state index in [2.05, 4.69) is 217 Å². The number of hydrogen-bond acceptors (Lipinski definition) is 0. The highest BCUT2D eigenvalue weighted by molar-refractivity contribution is 6.28. The van der Waals surface area contributed by atoms with Crippen LogP contribution in [0.25, 0.3) is 104 Å². The lowest BCUT2D eigenvalue weighted by Gasteiger charge is -2.20. The molecule has 0 spiro atoms. The third-order valence-corrected chi connectivity index (χ3v) is 11.4. The average molecular weight is 698 g/mol. The molecule has 0 aliphatic rings. The van der Waals surface area contributed by atoms with E-state index >= 15 is 0 Å². The summed E-state index contributed by atoms with van der Waals surface area (Å²) in [6.07, 6.45) is 0. The van der Waals surface area contributed by atoms with Crippen molar-refractivity contribution in [2.45, 2.75) is 0 Å². The molecule has 0 bridgehead atoms. The van der Waals surface area contributed by atoms with Gasteiger partial charge in [-0.3, -0.25) is 0 Å². The largest absolute Gasteiger partial charge is 0.309 e. The Kier molecular flexibility index (Phi) is 7.25. The maximum Gasteiger partial charge on any atom is 0.0541 e. The van der Waals surface area contributed by atoms with Crippen molar-refractivity contribution in [1.29, 1.82) is 0 Å². The normalized spacial score (nSPS) is 11.6. The molecule has 10 aromatic carbocycles. The second-order valence-corrected chi connectivity index (χ2v) is 14.4. The van der Waals surface area contributed by atoms with Crippen molar-refractivity contribution in [2.75, 3.05) is 0 Å². The molecule has 1 heterocycles. The Morgan fingerprint density at radius 1 is 0.273 bits per heavy atom. The predicted octanol–water partition coefficient (Wildman–Crippen LogP) is 14.9. The van der Waals surface area contributed by atoms with E-state index in [1.165, 1.54) is 104 Å². The van der Waals surface area contributed by atoms with Crippen LogP contribution in [0.5, 0.6) is 0 Å². The van der Waals surface area contributed by atoms with Gasteiger partial charge in [-0.1, -0.05) is 188 Å². The Balaban J connectivity index is 1.17. The topological polar surface area (TPSA) is 4.93 Å². The molecule has 0 N–H and O–H groups in total. The summed E-state index contributed by atoms with van der Waals surface area (Å²) >= 11 is 0. The summed E-state index contributed by atoms with van der Waals surface area (Å²) in [5.74, 6) is 0. The number of fused-ring (bicyclic) bond motifs is 7. The molecule has 0 fully saturated rings. The first kappa shape index (κ1) is 31.3. The van der Waals surface area contributed by atoms with Gasteiger partial charge in [0, 0.05) is 16.3 Å². The van der Waals surface area contributed by atoms with E-state index in [1.54, 1.807) is 0 Å². The molecule has 0 atom stereocenters. The van der Waals surface area contributed by atoms with Gasteiger partial charge in [-0.2, -0.15) is 0 Å². The van der Waals surface area contributed by atoms with Gasteiger partial charge in [-0.25, -0.2) is 0 Å². The zero-order valence-corrected chi connectivity index (χ0v) is 30.2. The van der Waals surface area contributed by atoms with Gasteiger partial charge in [0.2, 0.25) is 0 Å². The second-order valence-electron chi connectivity index (χ2n) is 14.4. The van der Waals surface area contributed by atoms with Crippen LogP contribution in [0.2, 0.25) is 0 Å². The molecule has 0 saturated heterocycles. The average Bonchev–Trinajstić information content (AvgIpc) is 3.60. The minimum Gasteiger partial charge on any atom is -0.309 e. The molecule has 55 heavy (non-hydrogen) atoms. The van der Waals surface area contributed by atoms with Crippen molar-refractivity contribution in [3.8, 4) is 50.2 Å². The summed E-state index contributed by atoms with van der Waals surface area (Å²) in [5.41, 5.74) is 13.4. The zero-order chi connectivity index (χ0) is 36.3. The van der Waals surface area contributed by atoms with Gasteiger partial charge in [-0.15, -0.1) is 0 Å². The highest BCUT2D eigenvalue weighted by Gasteiger charge is 2.20. The summed E-state index contributed by atoms with van der Waals surface area (Å²) < 4.78 is 2.42. The SMILES string of the molecule is c1ccc(-c2ccc3c(-c4ccccc4)c4c(ccc5ccccc54)c(-c4ccc(-c5ccccc5-n5c6ccccc6c6ccccc65)cc4)c3c2)cc1. The third-order valence-electron chi connectivity index (χ3n) is 11.4. The van der Waals surface area contributed by atoms with Crippen LogP contribution in [0.15, 0.2) is 212 Å². The van der Waals surface area contributed by atoms with Gasteiger partial charge >= 0.3 is 0 Å². The number of benzene rings is 10. The van der Waals surface area contributed by atoms with E-state index in [1.807, 2.05) is 0 Å². The van der Waals surface area contributed by atoms with Gasteiger partial charge < -0.3 is 4.57 Å². The van der Waals surface area contributed by atoms with Gasteiger partial charge in [0.25, 0.3) is 0 Å². The first-order valence-corrected chi connectivity index (χ1v) is 19.0. The predicted molar refractivity (Wildman–Crippen MR) is 235 cm³/mol. The van der Waals surface area contributed by atoms with Crippen LogP contribution in [-0.4, -0.2) is 4.57 Å². The first-order chi connectivity index (χ1) is 27.3. The monoisotopic (exact) mass is 697 g/mol. The van der Waals surface area contributed by atoms with Gasteiger partial charge in [0.05, 0.1) is 16.7 Å². The molecule has 11 rings (SSSR count). The van der Waals surface area contributed by atoms with Crippen LogP contribution in [0.4, 0.5) is 0 Å². The fraction of sp³-hybridized carbons (Fsp3) is 0. The Labute approximate surface area is 320 Å². The zero-order valence-electron chi connectivity index (χ0n) is 30.2. The van der Waals surface area contributed by atoms with Crippen LogP contribution < -0.4 is 0 Å². The molecule has 11 aromatic rings. The molecule has 0 saturated carbocycles. The van der Waals surface area contributed by atoms with Crippen molar-refractivity contribution in [2.24, 2.45) is 0 Å². The molecule has 0 aliphatic carbocycles. The Hall–Kier alpha value is -7.22. The molecule has 0 aliphatic heterocycles. The summed E-state index contributed by atoms with van der Waals surface area (Å²) in [6, 6.07) is 77.8. The molecule has 1 aromatic heterocycles. The Bertz CT molecular complexity index is 3170. The molecular formula is C54H35N. The van der Waals surface area contributed by atoms with E-state index in [0.717, 1.165) is 0 Å². The molecular weight excluding hydrogens is 663 g/mol. The Morgan fingerprint density at radius 2 is 0.800 bits per heavy atom. The number of para-hydroxylation sites is 3. The second kappa shape index (κ2) is 12.7. The van der Waals surface area contributed by atoms with E-state index in [4.69, 9.17) is 0 Å². The summed E-state index contributed by atoms with van der Waals surface area (Å²) in [6.45, 7) is 0. The molecule has 1 heteroatoms. The quantitative estimate of drug-likeness (QED) is 0.125. The minimum atomic E-state index is 1.18. The number of hydrogen-bond donors (Lipinski definition) is 0. The maximum atomic E-state index is 2.42. The lowest BCUT2D eigenvalue weighted by molar-refractivity contribution is 1.18. The van der Waals surface area contributed by atoms with Crippen molar-refractivity contribution >= 4 is 54.1 Å². The summed E-state index contributed by atoms with van der Waals surface area (Å²) in [7, 11) is 0. The van der Waals surface area contributed by atoms with Crippen LogP contribution >= 0.6 is 0 Å². The highest BCUT2D eigenvalue weighted by Crippen LogP contribution is 2.47. The van der Waals surface area contributed by atoms with Crippen molar-refractivity contribution < 1.29 is 0 Å². The van der Waals surface area contributed by atoms with Crippen molar-refractivity contribution in [3.63, 3.8) is 0 Å². The highest BCUT2D eigenvalue weighted by atomic mass is 15.0. The summed E-state index contributed by atoms with van der Waals surface area (Å²) in [4.78, 5) is 0. The van der Waals surface area contributed by atoms with E-state index in [-0.39, 0.29) is 0 Å². The van der Waals surface area contributed by atoms with Crippen LogP contribution in [0.1, 0.15) is 0 Å². The first-order valence-electron chi connectivity index (χ1n) is 19.0. The lowest BCUT2D eigenvalue weighted by atomic mass is 9.83. The van der Waals surface area contributed by atoms with Crippen molar-refractivity contribution in [1.82, 2.24) is 4.57 Å². The van der Waals surface area contributed by atoms with Crippen molar-refractivity contribution in [3.05, 3.63) is 212 Å². The minimum absolute atomic E-state index is 1.18. The molecule has 256 valence electrons. The molecule has 0 radical (unpaired) electrons. The number of aromatic nitrogens is 1. The molecule has 1 nitrogen and oxygen atoms in total. The number of rotatable bonds is 5. The van der Waals surface area contributed by atoms with Gasteiger partial charge in [-0.05, 0) is 95.5 Å². The van der Waals surface area contributed by atoms with Crippen LogP contribution in [0.3, 0.4) is 0 Å². The number of nitrogens with zero attached hydrogens (tertiary/aromatic N) is 1. The van der Waals surface area contributed by atoms with E-state index < -0.39 is 0 Å². The van der Waals surface area contributed by atoms with Gasteiger partial charge in [0.15, 0.2) is 0 Å². The van der Waals surface area contributed by atoms with E-state index in [9.17, 15) is 0 Å². The smallest absolute Gasteiger partial charge is 0.0541 e. The fourth-order valence-corrected chi connectivity index (χ4v) is 8.94. The standard InChI is InChI=1S/C54H35N/c1-3-15-36(16-4-1)41-32-33-46-48(35-41)52(47-34-31-37-17-7-8-21-43(37)54(47)53(46)39-18-5-2-6-19-39)40-29-27-38(28-30-40)42-20-9-12-24-49(42)55-50-25-13-10-22-44(50)45-23-11-14-26-51(45)55/h1-35H. The van der Waals surface area contributed by atoms with Crippen LogP contribution in [-0.2, 0) is 0 Å². The molecule has 0 amide bonds. The Morgan fingerprint density at radius 3 is 1.53 bits per heavy atom. The van der Waals surface area contributed by atoms with Gasteiger partial charge in [0.1, 0.15) is 0 Å². The van der Waals surface area contributed by atoms with Crippen LogP contribution in [0, 0.1) is 0 Å². The summed E-state index contributed by atoms with van der Waals surface area (Å²) in [5, 5.41) is 10.1. The van der Waals surface area contributed by atoms with E-state index in [0.29, 0.717) is 0 Å². The molecule has 0 unspecified atom stereocenters.